The van der Waals surface area contributed by atoms with E-state index in [1.165, 1.54) is 0 Å². The summed E-state index contributed by atoms with van der Waals surface area (Å²) in [5.41, 5.74) is 5.91. The van der Waals surface area contributed by atoms with Gasteiger partial charge in [0.15, 0.2) is 0 Å². The van der Waals surface area contributed by atoms with E-state index in [4.69, 9.17) is 4.42 Å². The third-order valence-corrected chi connectivity index (χ3v) is 4.13. The molecule has 0 aliphatic carbocycles. The van der Waals surface area contributed by atoms with Crippen LogP contribution in [-0.4, -0.2) is 11.4 Å². The number of aliphatic imine (C=N–C) groups is 2. The molecule has 0 aliphatic rings. The molecule has 0 N–H and O–H groups in total. The molecule has 1 heterocycles. The Labute approximate surface area is 186 Å². The summed E-state index contributed by atoms with van der Waals surface area (Å²) in [7, 11) is 0. The van der Waals surface area contributed by atoms with E-state index in [1.54, 1.807) is 0 Å². The third-order valence-electron chi connectivity index (χ3n) is 4.13. The molecule has 0 unspecified atom stereocenters. The Morgan fingerprint density at radius 2 is 1.07 bits per heavy atom. The number of nitrogens with zero attached hydrogens (tertiary/aromatic N) is 2. The zero-order valence-corrected chi connectivity index (χ0v) is 20.5. The average Bonchev–Trinajstić information content (AvgIpc) is 3.17. The standard InChI is InChI=1S/C22H22N2O.2BrH.Fe/c1-15-9-5-7-11-19(15)23-17(3)21-13-14-22(25-21)18(4)24-20-12-8-6-10-16(20)2;;;/h5-14H,1-4H3;2*1H;/q;;;+2/p-2. The van der Waals surface area contributed by atoms with Crippen molar-refractivity contribution >= 4 is 51.0 Å². The van der Waals surface area contributed by atoms with Crippen molar-refractivity contribution in [2.45, 2.75) is 27.7 Å². The van der Waals surface area contributed by atoms with Crippen LogP contribution in [0.1, 0.15) is 36.5 Å². The maximum absolute atomic E-state index is 5.97. The predicted molar refractivity (Wildman–Crippen MR) is 123 cm³/mol. The van der Waals surface area contributed by atoms with Gasteiger partial charge in [0.1, 0.15) is 11.5 Å². The molecule has 6 heteroatoms. The van der Waals surface area contributed by atoms with E-state index in [9.17, 15) is 0 Å². The number of hydrogen-bond acceptors (Lipinski definition) is 3. The SMILES string of the molecule is CC(=Nc1ccccc1C)c1ccc(C(C)=Nc2ccccc2C)o1.[Br][Fe][Br]. The van der Waals surface area contributed by atoms with Crippen LogP contribution in [-0.2, 0) is 11.3 Å². The Bertz CT molecular complexity index is 904. The molecule has 0 amide bonds. The molecule has 28 heavy (non-hydrogen) atoms. The number of aryl methyl sites for hydroxylation is 2. The second-order valence-corrected chi connectivity index (χ2v) is 11.8. The molecule has 0 radical (unpaired) electrons. The molecule has 0 bridgehead atoms. The van der Waals surface area contributed by atoms with Gasteiger partial charge in [-0.25, -0.2) is 9.98 Å². The van der Waals surface area contributed by atoms with Gasteiger partial charge < -0.3 is 4.42 Å². The summed E-state index contributed by atoms with van der Waals surface area (Å²) in [5, 5.41) is 0. The van der Waals surface area contributed by atoms with E-state index in [0.717, 1.165) is 56.8 Å². The first-order valence-electron chi connectivity index (χ1n) is 8.64. The summed E-state index contributed by atoms with van der Waals surface area (Å²) in [6.07, 6.45) is 0. The first kappa shape index (κ1) is 22.8. The predicted octanol–water partition coefficient (Wildman–Crippen LogP) is 7.87. The molecular weight excluding hydrogens is 524 g/mol. The van der Waals surface area contributed by atoms with Crippen molar-refractivity contribution < 1.29 is 15.8 Å². The van der Waals surface area contributed by atoms with Crippen molar-refractivity contribution in [1.82, 2.24) is 0 Å². The molecule has 0 aliphatic heterocycles. The van der Waals surface area contributed by atoms with E-state index in [1.807, 2.05) is 62.4 Å². The molecule has 0 saturated heterocycles. The molecule has 0 saturated carbocycles. The molecule has 0 fully saturated rings. The van der Waals surface area contributed by atoms with Crippen molar-refractivity contribution in [3.05, 3.63) is 83.3 Å². The first-order valence-corrected chi connectivity index (χ1v) is 14.1. The van der Waals surface area contributed by atoms with Gasteiger partial charge in [-0.05, 0) is 63.1 Å². The molecule has 0 atom stereocenters. The van der Waals surface area contributed by atoms with E-state index >= 15 is 0 Å². The number of rotatable bonds is 4. The molecule has 0 spiro atoms. The number of halogens is 2. The van der Waals surface area contributed by atoms with Crippen molar-refractivity contribution in [2.75, 3.05) is 0 Å². The molecule has 148 valence electrons. The van der Waals surface area contributed by atoms with Gasteiger partial charge in [0.25, 0.3) is 0 Å². The van der Waals surface area contributed by atoms with Crippen molar-refractivity contribution in [2.24, 2.45) is 9.98 Å². The number of para-hydroxylation sites is 2. The second kappa shape index (κ2) is 11.5. The maximum atomic E-state index is 5.97. The van der Waals surface area contributed by atoms with Crippen molar-refractivity contribution in [3.63, 3.8) is 0 Å². The van der Waals surface area contributed by atoms with Crippen LogP contribution >= 0.6 is 28.2 Å². The molecule has 3 aromatic rings. The van der Waals surface area contributed by atoms with Crippen LogP contribution in [0.2, 0.25) is 0 Å². The number of hydrogen-bond donors (Lipinski definition) is 0. The Kier molecular flexibility index (Phi) is 9.39. The molecule has 3 rings (SSSR count). The van der Waals surface area contributed by atoms with Crippen LogP contribution in [0.25, 0.3) is 0 Å². The summed E-state index contributed by atoms with van der Waals surface area (Å²) < 4.78 is 5.97. The molecular formula is C22H22Br2FeN2O. The second-order valence-electron chi connectivity index (χ2n) is 6.18. The van der Waals surface area contributed by atoms with Crippen LogP contribution in [0.3, 0.4) is 0 Å². The normalized spacial score (nSPS) is 11.9. The fourth-order valence-corrected chi connectivity index (χ4v) is 2.58. The fraction of sp³-hybridized carbons (Fsp3) is 0.182. The van der Waals surface area contributed by atoms with Gasteiger partial charge >= 0.3 is 39.6 Å². The quantitative estimate of drug-likeness (QED) is 0.243. The van der Waals surface area contributed by atoms with Crippen LogP contribution in [0.15, 0.2) is 75.1 Å². The van der Waals surface area contributed by atoms with Crippen LogP contribution in [0.4, 0.5) is 11.4 Å². The van der Waals surface area contributed by atoms with Gasteiger partial charge in [0, 0.05) is 0 Å². The molecule has 3 nitrogen and oxygen atoms in total. The van der Waals surface area contributed by atoms with Gasteiger partial charge in [-0.15, -0.1) is 0 Å². The Morgan fingerprint density at radius 3 is 1.43 bits per heavy atom. The Balaban J connectivity index is 0.000000878. The van der Waals surface area contributed by atoms with Gasteiger partial charge in [-0.1, -0.05) is 36.4 Å². The van der Waals surface area contributed by atoms with Gasteiger partial charge in [-0.3, -0.25) is 0 Å². The first-order chi connectivity index (χ1) is 13.5. The van der Waals surface area contributed by atoms with E-state index in [-0.39, 0.29) is 0 Å². The minimum absolute atomic E-state index is 0.762. The van der Waals surface area contributed by atoms with Crippen molar-refractivity contribution in [3.8, 4) is 0 Å². The van der Waals surface area contributed by atoms with Crippen LogP contribution in [0, 0.1) is 13.8 Å². The zero-order valence-electron chi connectivity index (χ0n) is 16.2. The zero-order chi connectivity index (χ0) is 20.5. The van der Waals surface area contributed by atoms with Gasteiger partial charge in [0.2, 0.25) is 0 Å². The number of benzene rings is 2. The van der Waals surface area contributed by atoms with Gasteiger partial charge in [-0.2, -0.15) is 0 Å². The van der Waals surface area contributed by atoms with Crippen LogP contribution in [0.5, 0.6) is 0 Å². The minimum atomic E-state index is 0.762. The monoisotopic (exact) mass is 544 g/mol. The number of furan rings is 1. The summed E-state index contributed by atoms with van der Waals surface area (Å²) in [4.78, 5) is 9.37. The third kappa shape index (κ3) is 6.56. The summed E-state index contributed by atoms with van der Waals surface area (Å²) in [5.74, 6) is 1.52. The van der Waals surface area contributed by atoms with E-state index in [0.29, 0.717) is 0 Å². The summed E-state index contributed by atoms with van der Waals surface area (Å²) >= 11 is 7.00. The summed E-state index contributed by atoms with van der Waals surface area (Å²) in [6, 6.07) is 20.0. The topological polar surface area (TPSA) is 37.9 Å². The molecule has 2 aromatic carbocycles. The van der Waals surface area contributed by atoms with Crippen molar-refractivity contribution in [1.29, 1.82) is 0 Å². The molecule has 1 aromatic heterocycles. The van der Waals surface area contributed by atoms with Gasteiger partial charge in [0.05, 0.1) is 22.8 Å². The average molecular weight is 546 g/mol. The van der Waals surface area contributed by atoms with E-state index < -0.39 is 0 Å². The summed E-state index contributed by atoms with van der Waals surface area (Å²) in [6.45, 7) is 8.03. The van der Waals surface area contributed by atoms with E-state index in [2.05, 4.69) is 64.2 Å². The Hall–Kier alpha value is -1.46. The fourth-order valence-electron chi connectivity index (χ4n) is 2.58. The van der Waals surface area contributed by atoms with Crippen LogP contribution < -0.4 is 0 Å². The Morgan fingerprint density at radius 1 is 0.714 bits per heavy atom.